The van der Waals surface area contributed by atoms with Crippen molar-refractivity contribution in [2.45, 2.75) is 57.6 Å². The summed E-state index contributed by atoms with van der Waals surface area (Å²) in [5, 5.41) is 11.2. The maximum atomic E-state index is 12.6. The van der Waals surface area contributed by atoms with Gasteiger partial charge in [0, 0.05) is 6.54 Å². The molecule has 1 aliphatic rings. The minimum atomic E-state index is -1.13. The number of carbonyl (C=O) groups excluding carboxylic acids is 2. The number of rotatable bonds is 6. The first-order chi connectivity index (χ1) is 10.6. The van der Waals surface area contributed by atoms with Crippen LogP contribution in [0.4, 0.5) is 4.79 Å². The molecule has 1 aliphatic heterocycles. The molecule has 1 heterocycles. The van der Waals surface area contributed by atoms with Crippen LogP contribution in [-0.4, -0.2) is 52.2 Å². The molecule has 23 heavy (non-hydrogen) atoms. The average molecular weight is 326 g/mol. The van der Waals surface area contributed by atoms with E-state index in [2.05, 4.69) is 11.9 Å². The third-order valence-electron chi connectivity index (χ3n) is 3.69. The van der Waals surface area contributed by atoms with Crippen molar-refractivity contribution >= 4 is 18.0 Å². The minimum Gasteiger partial charge on any atom is -0.480 e. The Hall–Kier alpha value is -2.05. The standard InChI is InChI=1S/C16H26N2O5/c1-5-6-8-16(13(21)17-11-12(19)20)9-7-10-18(16)14(22)23-15(2,3)4/h5H,1,6-11H2,2-4H3,(H,17,21)(H,19,20)/t16-/m0/s1. The first kappa shape index (κ1) is 19.0. The van der Waals surface area contributed by atoms with Crippen LogP contribution < -0.4 is 5.32 Å². The summed E-state index contributed by atoms with van der Waals surface area (Å²) in [4.78, 5) is 37.2. The highest BCUT2D eigenvalue weighted by atomic mass is 16.6. The van der Waals surface area contributed by atoms with Crippen LogP contribution in [-0.2, 0) is 14.3 Å². The van der Waals surface area contributed by atoms with Gasteiger partial charge in [-0.2, -0.15) is 0 Å². The van der Waals surface area contributed by atoms with Gasteiger partial charge in [0.05, 0.1) is 0 Å². The predicted octanol–water partition coefficient (Wildman–Crippen LogP) is 1.92. The summed E-state index contributed by atoms with van der Waals surface area (Å²) >= 11 is 0. The summed E-state index contributed by atoms with van der Waals surface area (Å²) < 4.78 is 5.40. The van der Waals surface area contributed by atoms with Gasteiger partial charge in [-0.05, 0) is 46.5 Å². The van der Waals surface area contributed by atoms with Gasteiger partial charge in [-0.15, -0.1) is 6.58 Å². The third kappa shape index (κ3) is 4.97. The van der Waals surface area contributed by atoms with E-state index in [0.717, 1.165) is 0 Å². The molecule has 7 nitrogen and oxygen atoms in total. The molecule has 0 aromatic heterocycles. The second-order valence-electron chi connectivity index (χ2n) is 6.67. The van der Waals surface area contributed by atoms with Gasteiger partial charge in [0.15, 0.2) is 0 Å². The second-order valence-corrected chi connectivity index (χ2v) is 6.67. The highest BCUT2D eigenvalue weighted by Crippen LogP contribution is 2.35. The molecule has 2 amide bonds. The van der Waals surface area contributed by atoms with E-state index in [-0.39, 0.29) is 0 Å². The summed E-state index contributed by atoms with van der Waals surface area (Å²) in [6.45, 7) is 8.87. The third-order valence-corrected chi connectivity index (χ3v) is 3.69. The molecule has 0 aromatic rings. The Balaban J connectivity index is 3.01. The first-order valence-corrected chi connectivity index (χ1v) is 7.74. The molecular weight excluding hydrogens is 300 g/mol. The van der Waals surface area contributed by atoms with Crippen LogP contribution in [0, 0.1) is 0 Å². The van der Waals surface area contributed by atoms with Gasteiger partial charge in [-0.3, -0.25) is 14.5 Å². The zero-order valence-electron chi connectivity index (χ0n) is 14.1. The van der Waals surface area contributed by atoms with Crippen LogP contribution in [0.2, 0.25) is 0 Å². The number of nitrogens with zero attached hydrogens (tertiary/aromatic N) is 1. The number of carboxylic acid groups (broad SMARTS) is 1. The normalized spacial score (nSPS) is 20.9. The zero-order chi connectivity index (χ0) is 17.7. The maximum absolute atomic E-state index is 12.6. The molecule has 0 bridgehead atoms. The molecule has 1 saturated heterocycles. The van der Waals surface area contributed by atoms with Crippen LogP contribution in [0.5, 0.6) is 0 Å². The molecule has 1 atom stereocenters. The van der Waals surface area contributed by atoms with Crippen molar-refractivity contribution in [2.24, 2.45) is 0 Å². The van der Waals surface area contributed by atoms with E-state index in [1.54, 1.807) is 26.8 Å². The number of aliphatic carboxylic acids is 1. The molecule has 0 spiro atoms. The number of carbonyl (C=O) groups is 3. The van der Waals surface area contributed by atoms with Crippen molar-refractivity contribution in [3.63, 3.8) is 0 Å². The Morgan fingerprint density at radius 3 is 2.57 bits per heavy atom. The van der Waals surface area contributed by atoms with Crippen molar-refractivity contribution in [1.82, 2.24) is 10.2 Å². The van der Waals surface area contributed by atoms with Gasteiger partial charge < -0.3 is 15.2 Å². The van der Waals surface area contributed by atoms with Crippen molar-refractivity contribution in [1.29, 1.82) is 0 Å². The SMILES string of the molecule is C=CCC[C@@]1(C(=O)NCC(=O)O)CCCN1C(=O)OC(C)(C)C. The topological polar surface area (TPSA) is 95.9 Å². The van der Waals surface area contributed by atoms with E-state index in [1.807, 2.05) is 0 Å². The fraction of sp³-hybridized carbons (Fsp3) is 0.688. The van der Waals surface area contributed by atoms with Gasteiger partial charge >= 0.3 is 12.1 Å². The number of amides is 2. The van der Waals surface area contributed by atoms with Crippen molar-refractivity contribution < 1.29 is 24.2 Å². The largest absolute Gasteiger partial charge is 0.480 e. The molecule has 0 aliphatic carbocycles. The Bertz CT molecular complexity index is 483. The molecule has 2 N–H and O–H groups in total. The Labute approximate surface area is 136 Å². The molecule has 0 aromatic carbocycles. The fourth-order valence-corrected chi connectivity index (χ4v) is 2.73. The lowest BCUT2D eigenvalue weighted by molar-refractivity contribution is -0.140. The smallest absolute Gasteiger partial charge is 0.411 e. The molecular formula is C16H26N2O5. The lowest BCUT2D eigenvalue weighted by Crippen LogP contribution is -2.58. The molecule has 0 radical (unpaired) electrons. The molecule has 7 heteroatoms. The summed E-state index contributed by atoms with van der Waals surface area (Å²) in [6, 6.07) is 0. The number of carboxylic acids is 1. The van der Waals surface area contributed by atoms with Crippen LogP contribution >= 0.6 is 0 Å². The maximum Gasteiger partial charge on any atom is 0.411 e. The molecule has 130 valence electrons. The van der Waals surface area contributed by atoms with Crippen LogP contribution in [0.25, 0.3) is 0 Å². The number of hydrogen-bond acceptors (Lipinski definition) is 4. The first-order valence-electron chi connectivity index (χ1n) is 7.74. The highest BCUT2D eigenvalue weighted by Gasteiger charge is 2.50. The fourth-order valence-electron chi connectivity index (χ4n) is 2.73. The number of hydrogen-bond donors (Lipinski definition) is 2. The minimum absolute atomic E-state index is 0.390. The Kier molecular flexibility index (Phi) is 6.18. The lowest BCUT2D eigenvalue weighted by atomic mass is 9.89. The molecule has 0 unspecified atom stereocenters. The molecule has 1 fully saturated rings. The second kappa shape index (κ2) is 7.48. The van der Waals surface area contributed by atoms with Gasteiger partial charge in [0.2, 0.25) is 5.91 Å². The van der Waals surface area contributed by atoms with E-state index < -0.39 is 35.7 Å². The summed E-state index contributed by atoms with van der Waals surface area (Å²) in [6.07, 6.45) is 3.20. The van der Waals surface area contributed by atoms with Crippen molar-refractivity contribution in [3.8, 4) is 0 Å². The quantitative estimate of drug-likeness (QED) is 0.727. The Morgan fingerprint density at radius 2 is 2.04 bits per heavy atom. The van der Waals surface area contributed by atoms with E-state index in [0.29, 0.717) is 32.2 Å². The lowest BCUT2D eigenvalue weighted by Gasteiger charge is -2.37. The zero-order valence-corrected chi connectivity index (χ0v) is 14.1. The van der Waals surface area contributed by atoms with E-state index in [9.17, 15) is 14.4 Å². The molecule has 1 rings (SSSR count). The van der Waals surface area contributed by atoms with E-state index >= 15 is 0 Å². The van der Waals surface area contributed by atoms with Crippen LogP contribution in [0.15, 0.2) is 12.7 Å². The summed E-state index contributed by atoms with van der Waals surface area (Å²) in [5.41, 5.74) is -1.74. The monoisotopic (exact) mass is 326 g/mol. The highest BCUT2D eigenvalue weighted by molar-refractivity contribution is 5.92. The van der Waals surface area contributed by atoms with Gasteiger partial charge in [-0.25, -0.2) is 4.79 Å². The predicted molar refractivity (Wildman–Crippen MR) is 85.0 cm³/mol. The van der Waals surface area contributed by atoms with Gasteiger partial charge in [-0.1, -0.05) is 6.08 Å². The summed E-state index contributed by atoms with van der Waals surface area (Å²) in [7, 11) is 0. The summed E-state index contributed by atoms with van der Waals surface area (Å²) in [5.74, 6) is -1.58. The molecule has 0 saturated carbocycles. The van der Waals surface area contributed by atoms with Crippen LogP contribution in [0.1, 0.15) is 46.5 Å². The Morgan fingerprint density at radius 1 is 1.39 bits per heavy atom. The van der Waals surface area contributed by atoms with Crippen molar-refractivity contribution in [2.75, 3.05) is 13.1 Å². The van der Waals surface area contributed by atoms with Crippen LogP contribution in [0.3, 0.4) is 0 Å². The van der Waals surface area contributed by atoms with Gasteiger partial charge in [0.25, 0.3) is 0 Å². The number of nitrogens with one attached hydrogen (secondary N) is 1. The van der Waals surface area contributed by atoms with E-state index in [1.165, 1.54) is 4.90 Å². The van der Waals surface area contributed by atoms with Gasteiger partial charge in [0.1, 0.15) is 17.7 Å². The number of allylic oxidation sites excluding steroid dienone is 1. The van der Waals surface area contributed by atoms with Crippen molar-refractivity contribution in [3.05, 3.63) is 12.7 Å². The van der Waals surface area contributed by atoms with E-state index in [4.69, 9.17) is 9.84 Å². The number of ether oxygens (including phenoxy) is 1. The average Bonchev–Trinajstić information content (AvgIpc) is 2.85. The number of likely N-dealkylation sites (tertiary alicyclic amines) is 1.